The molecule has 1 heterocycles. The fourth-order valence-electron chi connectivity index (χ4n) is 2.19. The van der Waals surface area contributed by atoms with Crippen LogP contribution >= 0.6 is 0 Å². The normalized spacial score (nSPS) is 20.2. The Morgan fingerprint density at radius 3 is 2.24 bits per heavy atom. The van der Waals surface area contributed by atoms with Gasteiger partial charge in [-0.15, -0.1) is 12.3 Å². The van der Waals surface area contributed by atoms with E-state index in [-0.39, 0.29) is 12.3 Å². The molecule has 0 spiro atoms. The summed E-state index contributed by atoms with van der Waals surface area (Å²) in [4.78, 5) is 35.0. The van der Waals surface area contributed by atoms with Crippen molar-refractivity contribution in [3.63, 3.8) is 0 Å². The van der Waals surface area contributed by atoms with Crippen LogP contribution in [0.5, 0.6) is 0 Å². The quantitative estimate of drug-likeness (QED) is 0.560. The van der Waals surface area contributed by atoms with Crippen molar-refractivity contribution in [2.45, 2.75) is 33.1 Å². The van der Waals surface area contributed by atoms with Crippen LogP contribution in [0.25, 0.3) is 0 Å². The molecule has 4 amide bonds. The minimum Gasteiger partial charge on any atom is -0.277 e. The maximum Gasteiger partial charge on any atom is 0.328 e. The van der Waals surface area contributed by atoms with E-state index < -0.39 is 23.3 Å². The summed E-state index contributed by atoms with van der Waals surface area (Å²) in [6.07, 6.45) is 6.77. The SMILES string of the molecule is C#CCC1(C(C)CCC)C(=O)NC(=O)NC1=O. The standard InChI is InChI=1S/C12H16N2O3/c1-4-6-8(3)12(7-5-2)9(15)13-11(17)14-10(12)16/h2,8H,4,6-7H2,1,3H3,(H2,13,14,15,16,17). The van der Waals surface area contributed by atoms with Crippen molar-refractivity contribution in [1.29, 1.82) is 0 Å². The summed E-state index contributed by atoms with van der Waals surface area (Å²) in [5, 5.41) is 4.24. The van der Waals surface area contributed by atoms with Gasteiger partial charge < -0.3 is 0 Å². The maximum absolute atomic E-state index is 12.0. The summed E-state index contributed by atoms with van der Waals surface area (Å²) >= 11 is 0. The average molecular weight is 236 g/mol. The van der Waals surface area contributed by atoms with Gasteiger partial charge in [0.2, 0.25) is 11.8 Å². The van der Waals surface area contributed by atoms with Crippen LogP contribution in [0.2, 0.25) is 0 Å². The lowest BCUT2D eigenvalue weighted by atomic mass is 9.69. The Hall–Kier alpha value is -1.83. The van der Waals surface area contributed by atoms with E-state index in [0.29, 0.717) is 6.42 Å². The number of imide groups is 2. The van der Waals surface area contributed by atoms with Gasteiger partial charge >= 0.3 is 6.03 Å². The third-order valence-corrected chi connectivity index (χ3v) is 3.21. The molecule has 1 atom stereocenters. The van der Waals surface area contributed by atoms with E-state index in [1.165, 1.54) is 0 Å². The second kappa shape index (κ2) is 5.00. The largest absolute Gasteiger partial charge is 0.328 e. The molecule has 0 saturated carbocycles. The van der Waals surface area contributed by atoms with Gasteiger partial charge in [-0.2, -0.15) is 0 Å². The van der Waals surface area contributed by atoms with E-state index in [4.69, 9.17) is 6.42 Å². The Labute approximate surface area is 100 Å². The predicted octanol–water partition coefficient (Wildman–Crippen LogP) is 0.798. The second-order valence-corrected chi connectivity index (χ2v) is 4.28. The molecule has 5 heteroatoms. The molecule has 0 aromatic carbocycles. The lowest BCUT2D eigenvalue weighted by Gasteiger charge is -2.37. The topological polar surface area (TPSA) is 75.3 Å². The number of terminal acetylenes is 1. The lowest BCUT2D eigenvalue weighted by Crippen LogP contribution is -2.64. The molecule has 0 aromatic heterocycles. The molecule has 1 aliphatic heterocycles. The zero-order valence-corrected chi connectivity index (χ0v) is 10.0. The first-order chi connectivity index (χ1) is 7.98. The average Bonchev–Trinajstić information content (AvgIpc) is 2.23. The Kier molecular flexibility index (Phi) is 3.89. The highest BCUT2D eigenvalue weighted by molar-refractivity contribution is 6.19. The zero-order valence-electron chi connectivity index (χ0n) is 10.0. The summed E-state index contributed by atoms with van der Waals surface area (Å²) in [7, 11) is 0. The number of hydrogen-bond donors (Lipinski definition) is 2. The van der Waals surface area contributed by atoms with Crippen LogP contribution in [0, 0.1) is 23.7 Å². The van der Waals surface area contributed by atoms with Crippen molar-refractivity contribution in [3.05, 3.63) is 0 Å². The minimum atomic E-state index is -1.32. The first-order valence-electron chi connectivity index (χ1n) is 5.59. The van der Waals surface area contributed by atoms with Gasteiger partial charge in [0.05, 0.1) is 0 Å². The summed E-state index contributed by atoms with van der Waals surface area (Å²) in [5.74, 6) is 0.964. The Bertz CT molecular complexity index is 375. The highest BCUT2D eigenvalue weighted by Gasteiger charge is 2.53. The summed E-state index contributed by atoms with van der Waals surface area (Å²) < 4.78 is 0. The van der Waals surface area contributed by atoms with Crippen LogP contribution in [0.4, 0.5) is 4.79 Å². The van der Waals surface area contributed by atoms with Crippen LogP contribution in [0.1, 0.15) is 33.1 Å². The van der Waals surface area contributed by atoms with Crippen molar-refractivity contribution in [2.75, 3.05) is 0 Å². The summed E-state index contributed by atoms with van der Waals surface area (Å²) in [6.45, 7) is 3.76. The van der Waals surface area contributed by atoms with Crippen molar-refractivity contribution in [1.82, 2.24) is 10.6 Å². The Morgan fingerprint density at radius 1 is 1.29 bits per heavy atom. The highest BCUT2D eigenvalue weighted by atomic mass is 16.2. The molecule has 5 nitrogen and oxygen atoms in total. The number of hydrogen-bond acceptors (Lipinski definition) is 3. The monoisotopic (exact) mass is 236 g/mol. The van der Waals surface area contributed by atoms with Gasteiger partial charge in [0, 0.05) is 6.42 Å². The van der Waals surface area contributed by atoms with E-state index in [2.05, 4.69) is 16.6 Å². The Morgan fingerprint density at radius 2 is 1.82 bits per heavy atom. The van der Waals surface area contributed by atoms with Gasteiger partial charge in [0.1, 0.15) is 5.41 Å². The Balaban J connectivity index is 3.13. The number of amides is 4. The van der Waals surface area contributed by atoms with Crippen LogP contribution in [0.15, 0.2) is 0 Å². The lowest BCUT2D eigenvalue weighted by molar-refractivity contribution is -0.147. The van der Waals surface area contributed by atoms with Crippen LogP contribution in [-0.4, -0.2) is 17.8 Å². The molecule has 1 rings (SSSR count). The predicted molar refractivity (Wildman–Crippen MR) is 61.6 cm³/mol. The van der Waals surface area contributed by atoms with Gasteiger partial charge in [-0.25, -0.2) is 4.79 Å². The van der Waals surface area contributed by atoms with Crippen molar-refractivity contribution >= 4 is 17.8 Å². The van der Waals surface area contributed by atoms with Crippen molar-refractivity contribution in [3.8, 4) is 12.3 Å². The van der Waals surface area contributed by atoms with Crippen LogP contribution in [0.3, 0.4) is 0 Å². The van der Waals surface area contributed by atoms with E-state index >= 15 is 0 Å². The summed E-state index contributed by atoms with van der Waals surface area (Å²) in [6, 6.07) is -0.781. The van der Waals surface area contributed by atoms with Gasteiger partial charge in [0.15, 0.2) is 0 Å². The van der Waals surface area contributed by atoms with E-state index in [0.717, 1.165) is 6.42 Å². The number of barbiturate groups is 1. The van der Waals surface area contributed by atoms with E-state index in [9.17, 15) is 14.4 Å². The molecule has 1 unspecified atom stereocenters. The van der Waals surface area contributed by atoms with Gasteiger partial charge in [-0.1, -0.05) is 20.3 Å². The number of rotatable bonds is 4. The fourth-order valence-corrected chi connectivity index (χ4v) is 2.19. The smallest absolute Gasteiger partial charge is 0.277 e. The molecular weight excluding hydrogens is 220 g/mol. The minimum absolute atomic E-state index is 0.000880. The van der Waals surface area contributed by atoms with Crippen LogP contribution in [-0.2, 0) is 9.59 Å². The number of nitrogens with one attached hydrogen (secondary N) is 2. The molecule has 1 saturated heterocycles. The highest BCUT2D eigenvalue weighted by Crippen LogP contribution is 2.36. The van der Waals surface area contributed by atoms with Crippen LogP contribution < -0.4 is 10.6 Å². The molecule has 2 N–H and O–H groups in total. The fraction of sp³-hybridized carbons (Fsp3) is 0.583. The molecule has 0 aromatic rings. The summed E-state index contributed by atoms with van der Waals surface area (Å²) in [5.41, 5.74) is -1.32. The van der Waals surface area contributed by atoms with Gasteiger partial charge in [0.25, 0.3) is 0 Å². The molecule has 1 aliphatic rings. The zero-order chi connectivity index (χ0) is 13.1. The number of carbonyl (C=O) groups is 3. The van der Waals surface area contributed by atoms with Crippen molar-refractivity contribution in [2.24, 2.45) is 11.3 Å². The van der Waals surface area contributed by atoms with Crippen molar-refractivity contribution < 1.29 is 14.4 Å². The molecule has 0 radical (unpaired) electrons. The molecule has 17 heavy (non-hydrogen) atoms. The molecule has 0 bridgehead atoms. The molecular formula is C12H16N2O3. The molecule has 1 fully saturated rings. The maximum atomic E-state index is 12.0. The number of urea groups is 1. The van der Waals surface area contributed by atoms with Gasteiger partial charge in [-0.3, -0.25) is 20.2 Å². The van der Waals surface area contributed by atoms with Gasteiger partial charge in [-0.05, 0) is 12.3 Å². The number of carbonyl (C=O) groups excluding carboxylic acids is 3. The third kappa shape index (κ3) is 2.16. The molecule has 92 valence electrons. The van der Waals surface area contributed by atoms with E-state index in [1.54, 1.807) is 6.92 Å². The second-order valence-electron chi connectivity index (χ2n) is 4.28. The first-order valence-corrected chi connectivity index (χ1v) is 5.59. The third-order valence-electron chi connectivity index (χ3n) is 3.21. The van der Waals surface area contributed by atoms with E-state index in [1.807, 2.05) is 6.92 Å². The molecule has 0 aliphatic carbocycles. The first kappa shape index (κ1) is 13.2.